The Morgan fingerprint density at radius 3 is 2.77 bits per heavy atom. The first-order valence-electron chi connectivity index (χ1n) is 4.62. The minimum Gasteiger partial charge on any atom is -0.508 e. The van der Waals surface area contributed by atoms with Gasteiger partial charge in [0.1, 0.15) is 5.75 Å². The lowest BCUT2D eigenvalue weighted by atomic mass is 10.0. The average Bonchev–Trinajstić information content (AvgIpc) is 2.28. The Kier molecular flexibility index (Phi) is 2.05. The Morgan fingerprint density at radius 2 is 1.92 bits per heavy atom. The molecule has 0 heterocycles. The number of rotatable bonds is 0. The van der Waals surface area contributed by atoms with Gasteiger partial charge >= 0.3 is 0 Å². The normalized spacial score (nSPS) is 16.5. The third kappa shape index (κ3) is 1.57. The highest BCUT2D eigenvalue weighted by Crippen LogP contribution is 2.23. The fourth-order valence-corrected chi connectivity index (χ4v) is 1.79. The topological polar surface area (TPSA) is 37.3 Å². The number of carbonyl (C=O) groups excluding carboxylic acids is 1. The van der Waals surface area contributed by atoms with Crippen LogP contribution in [-0.2, 0) is 6.42 Å². The van der Waals surface area contributed by atoms with E-state index in [1.54, 1.807) is 18.2 Å². The van der Waals surface area contributed by atoms with Gasteiger partial charge in [-0.25, -0.2) is 0 Å². The third-order valence-electron chi connectivity index (χ3n) is 2.49. The Morgan fingerprint density at radius 1 is 1.15 bits per heavy atom. The molecule has 0 fully saturated rings. The van der Waals surface area contributed by atoms with Crippen molar-refractivity contribution in [3.63, 3.8) is 0 Å². The van der Waals surface area contributed by atoms with E-state index >= 15 is 0 Å². The molecule has 1 aromatic rings. The lowest BCUT2D eigenvalue weighted by Gasteiger charge is -2.03. The van der Waals surface area contributed by atoms with Crippen LogP contribution in [0.4, 0.5) is 0 Å². The predicted molar refractivity (Wildman–Crippen MR) is 50.0 cm³/mol. The molecule has 2 heteroatoms. The molecule has 0 saturated heterocycles. The van der Waals surface area contributed by atoms with Gasteiger partial charge in [-0.15, -0.1) is 0 Å². The van der Waals surface area contributed by atoms with E-state index in [1.165, 1.54) is 0 Å². The fourth-order valence-electron chi connectivity index (χ4n) is 1.79. The molecule has 0 aromatic heterocycles. The van der Waals surface area contributed by atoms with E-state index in [0.717, 1.165) is 30.4 Å². The van der Waals surface area contributed by atoms with Crippen LogP contribution in [0.5, 0.6) is 5.75 Å². The molecule has 68 valence electrons. The summed E-state index contributed by atoms with van der Waals surface area (Å²) in [6, 6.07) is 5.03. The second-order valence-corrected chi connectivity index (χ2v) is 3.47. The zero-order valence-electron chi connectivity index (χ0n) is 7.42. The van der Waals surface area contributed by atoms with Gasteiger partial charge in [-0.05, 0) is 43.0 Å². The maximum atomic E-state index is 11.5. The number of ketones is 1. The summed E-state index contributed by atoms with van der Waals surface area (Å²) in [5.41, 5.74) is 1.80. The van der Waals surface area contributed by atoms with Crippen LogP contribution in [0.15, 0.2) is 18.2 Å². The molecular weight excluding hydrogens is 164 g/mol. The quantitative estimate of drug-likeness (QED) is 0.616. The standard InChI is InChI=1S/C11H12O2/c12-9-5-6-10-8(7-9)3-1-2-4-11(10)13/h5-7,12H,1-4H2. The van der Waals surface area contributed by atoms with Gasteiger partial charge in [0.15, 0.2) is 5.78 Å². The van der Waals surface area contributed by atoms with Crippen LogP contribution in [0.3, 0.4) is 0 Å². The first-order valence-corrected chi connectivity index (χ1v) is 4.62. The van der Waals surface area contributed by atoms with E-state index in [9.17, 15) is 9.90 Å². The number of aromatic hydroxyl groups is 1. The monoisotopic (exact) mass is 176 g/mol. The highest BCUT2D eigenvalue weighted by atomic mass is 16.3. The van der Waals surface area contributed by atoms with E-state index in [2.05, 4.69) is 0 Å². The van der Waals surface area contributed by atoms with Gasteiger partial charge in [0.05, 0.1) is 0 Å². The van der Waals surface area contributed by atoms with Crippen LogP contribution in [0.25, 0.3) is 0 Å². The number of hydrogen-bond donors (Lipinski definition) is 1. The summed E-state index contributed by atoms with van der Waals surface area (Å²) < 4.78 is 0. The zero-order valence-corrected chi connectivity index (χ0v) is 7.42. The summed E-state index contributed by atoms with van der Waals surface area (Å²) in [4.78, 5) is 11.5. The second kappa shape index (κ2) is 3.21. The lowest BCUT2D eigenvalue weighted by Crippen LogP contribution is -1.99. The summed E-state index contributed by atoms with van der Waals surface area (Å²) in [6.45, 7) is 0. The van der Waals surface area contributed by atoms with Crippen LogP contribution in [0.2, 0.25) is 0 Å². The number of phenolic OH excluding ortho intramolecular Hbond substituents is 1. The van der Waals surface area contributed by atoms with Crippen molar-refractivity contribution < 1.29 is 9.90 Å². The maximum Gasteiger partial charge on any atom is 0.163 e. The van der Waals surface area contributed by atoms with Crippen LogP contribution < -0.4 is 0 Å². The number of carbonyl (C=O) groups is 1. The van der Waals surface area contributed by atoms with E-state index in [4.69, 9.17) is 0 Å². The molecule has 0 amide bonds. The van der Waals surface area contributed by atoms with Gasteiger partial charge in [0.2, 0.25) is 0 Å². The molecule has 0 bridgehead atoms. The van der Waals surface area contributed by atoms with Gasteiger partial charge in [0.25, 0.3) is 0 Å². The van der Waals surface area contributed by atoms with Crippen molar-refractivity contribution in [2.24, 2.45) is 0 Å². The first-order chi connectivity index (χ1) is 6.27. The molecule has 1 aromatic carbocycles. The van der Waals surface area contributed by atoms with Crippen molar-refractivity contribution in [3.8, 4) is 5.75 Å². The van der Waals surface area contributed by atoms with Gasteiger partial charge in [-0.1, -0.05) is 0 Å². The van der Waals surface area contributed by atoms with Crippen molar-refractivity contribution in [1.29, 1.82) is 0 Å². The third-order valence-corrected chi connectivity index (χ3v) is 2.49. The van der Waals surface area contributed by atoms with Crippen LogP contribution >= 0.6 is 0 Å². The minimum absolute atomic E-state index is 0.215. The SMILES string of the molecule is O=C1CCCCc2cc(O)ccc21. The van der Waals surface area contributed by atoms with Crippen molar-refractivity contribution in [2.75, 3.05) is 0 Å². The smallest absolute Gasteiger partial charge is 0.163 e. The summed E-state index contributed by atoms with van der Waals surface area (Å²) in [5.74, 6) is 0.473. The van der Waals surface area contributed by atoms with E-state index in [0.29, 0.717) is 6.42 Å². The highest BCUT2D eigenvalue weighted by molar-refractivity contribution is 5.97. The molecule has 1 aliphatic rings. The molecule has 0 unspecified atom stereocenters. The number of phenols is 1. The molecule has 0 saturated carbocycles. The number of fused-ring (bicyclic) bond motifs is 1. The number of aryl methyl sites for hydroxylation is 1. The minimum atomic E-state index is 0.215. The van der Waals surface area contributed by atoms with Crippen molar-refractivity contribution in [3.05, 3.63) is 29.3 Å². The predicted octanol–water partition coefficient (Wildman–Crippen LogP) is 2.30. The largest absolute Gasteiger partial charge is 0.508 e. The number of Topliss-reactive ketones (excluding diaryl/α,β-unsaturated/α-hetero) is 1. The van der Waals surface area contributed by atoms with Gasteiger partial charge in [-0.2, -0.15) is 0 Å². The van der Waals surface area contributed by atoms with Crippen LogP contribution in [0, 0.1) is 0 Å². The van der Waals surface area contributed by atoms with Gasteiger partial charge in [-0.3, -0.25) is 4.79 Å². The molecule has 0 radical (unpaired) electrons. The Balaban J connectivity index is 2.48. The summed E-state index contributed by atoms with van der Waals surface area (Å²) in [5, 5.41) is 9.26. The van der Waals surface area contributed by atoms with Crippen molar-refractivity contribution in [2.45, 2.75) is 25.7 Å². The van der Waals surface area contributed by atoms with Crippen LogP contribution in [0.1, 0.15) is 35.2 Å². The highest BCUT2D eigenvalue weighted by Gasteiger charge is 2.15. The summed E-state index contributed by atoms with van der Waals surface area (Å²) in [6.07, 6.45) is 3.57. The molecular formula is C11H12O2. The van der Waals surface area contributed by atoms with Crippen LogP contribution in [-0.4, -0.2) is 10.9 Å². The average molecular weight is 176 g/mol. The van der Waals surface area contributed by atoms with Gasteiger partial charge < -0.3 is 5.11 Å². The molecule has 1 N–H and O–H groups in total. The Bertz CT molecular complexity index is 342. The molecule has 1 aliphatic carbocycles. The van der Waals surface area contributed by atoms with E-state index in [-0.39, 0.29) is 11.5 Å². The fraction of sp³-hybridized carbons (Fsp3) is 0.364. The Labute approximate surface area is 77.2 Å². The summed E-state index contributed by atoms with van der Waals surface area (Å²) >= 11 is 0. The molecule has 0 spiro atoms. The summed E-state index contributed by atoms with van der Waals surface area (Å²) in [7, 11) is 0. The first kappa shape index (κ1) is 8.30. The zero-order chi connectivity index (χ0) is 9.26. The molecule has 2 nitrogen and oxygen atoms in total. The van der Waals surface area contributed by atoms with Crippen molar-refractivity contribution in [1.82, 2.24) is 0 Å². The van der Waals surface area contributed by atoms with E-state index < -0.39 is 0 Å². The lowest BCUT2D eigenvalue weighted by molar-refractivity contribution is 0.0982. The number of hydrogen-bond acceptors (Lipinski definition) is 2. The van der Waals surface area contributed by atoms with Crippen molar-refractivity contribution >= 4 is 5.78 Å². The molecule has 0 aliphatic heterocycles. The molecule has 13 heavy (non-hydrogen) atoms. The van der Waals surface area contributed by atoms with Gasteiger partial charge in [0, 0.05) is 12.0 Å². The second-order valence-electron chi connectivity index (χ2n) is 3.47. The molecule has 2 rings (SSSR count). The van der Waals surface area contributed by atoms with E-state index in [1.807, 2.05) is 0 Å². The number of benzene rings is 1. The maximum absolute atomic E-state index is 11.5. The Hall–Kier alpha value is -1.31. The molecule has 0 atom stereocenters.